The molecule has 3 rings (SSSR count). The second-order valence-corrected chi connectivity index (χ2v) is 4.18. The quantitative estimate of drug-likeness (QED) is 0.512. The number of aliphatic hydroxyl groups excluding tert-OH is 1. The summed E-state index contributed by atoms with van der Waals surface area (Å²) in [6, 6.07) is 3.01. The smallest absolute Gasteiger partial charge is 0.281 e. The van der Waals surface area contributed by atoms with Gasteiger partial charge in [-0.25, -0.2) is 4.98 Å². The molecular weight excluding hydrogens is 250 g/mol. The SMILES string of the molecule is O=[N+]([O-])c1ccnc2c1ccn2[C@@H]1C=C[C@H](CO)O1. The van der Waals surface area contributed by atoms with E-state index in [-0.39, 0.29) is 18.4 Å². The Hall–Kier alpha value is -2.25. The Bertz CT molecular complexity index is 664. The van der Waals surface area contributed by atoms with Crippen molar-refractivity contribution in [1.29, 1.82) is 0 Å². The number of nitrogens with zero attached hydrogens (tertiary/aromatic N) is 3. The van der Waals surface area contributed by atoms with Crippen LogP contribution in [0.4, 0.5) is 5.69 Å². The van der Waals surface area contributed by atoms with Gasteiger partial charge >= 0.3 is 0 Å². The molecule has 19 heavy (non-hydrogen) atoms. The molecule has 0 saturated carbocycles. The van der Waals surface area contributed by atoms with E-state index in [1.165, 1.54) is 12.3 Å². The molecule has 2 aromatic rings. The average Bonchev–Trinajstić information content (AvgIpc) is 3.03. The lowest BCUT2D eigenvalue weighted by atomic mass is 10.3. The number of hydrogen-bond acceptors (Lipinski definition) is 5. The fourth-order valence-electron chi connectivity index (χ4n) is 2.16. The largest absolute Gasteiger partial charge is 0.393 e. The van der Waals surface area contributed by atoms with E-state index in [1.807, 2.05) is 0 Å². The second-order valence-electron chi connectivity index (χ2n) is 4.18. The predicted molar refractivity (Wildman–Crippen MR) is 66.5 cm³/mol. The van der Waals surface area contributed by atoms with E-state index in [1.54, 1.807) is 29.0 Å². The van der Waals surface area contributed by atoms with Gasteiger partial charge < -0.3 is 14.4 Å². The average molecular weight is 261 g/mol. The Balaban J connectivity index is 2.05. The highest BCUT2D eigenvalue weighted by molar-refractivity contribution is 5.86. The maximum Gasteiger partial charge on any atom is 0.281 e. The van der Waals surface area contributed by atoms with Gasteiger partial charge in [0.15, 0.2) is 6.23 Å². The predicted octanol–water partition coefficient (Wildman–Crippen LogP) is 1.39. The van der Waals surface area contributed by atoms with Gasteiger partial charge in [-0.2, -0.15) is 0 Å². The van der Waals surface area contributed by atoms with Crippen molar-refractivity contribution in [2.75, 3.05) is 6.61 Å². The summed E-state index contributed by atoms with van der Waals surface area (Å²) in [6.07, 6.45) is 5.90. The Morgan fingerprint density at radius 1 is 1.47 bits per heavy atom. The van der Waals surface area contributed by atoms with E-state index in [0.29, 0.717) is 11.0 Å². The van der Waals surface area contributed by atoms with Gasteiger partial charge in [-0.1, -0.05) is 6.08 Å². The first-order valence-corrected chi connectivity index (χ1v) is 5.75. The molecule has 3 heterocycles. The number of aliphatic hydroxyl groups is 1. The molecule has 0 aromatic carbocycles. The molecule has 0 amide bonds. The Morgan fingerprint density at radius 2 is 2.32 bits per heavy atom. The monoisotopic (exact) mass is 261 g/mol. The number of pyridine rings is 1. The molecule has 0 saturated heterocycles. The van der Waals surface area contributed by atoms with Crippen LogP contribution < -0.4 is 0 Å². The highest BCUT2D eigenvalue weighted by Crippen LogP contribution is 2.29. The molecule has 1 N–H and O–H groups in total. The lowest BCUT2D eigenvalue weighted by Gasteiger charge is -2.14. The van der Waals surface area contributed by atoms with E-state index in [4.69, 9.17) is 9.84 Å². The summed E-state index contributed by atoms with van der Waals surface area (Å²) in [7, 11) is 0. The number of ether oxygens (including phenoxy) is 1. The van der Waals surface area contributed by atoms with Crippen molar-refractivity contribution >= 4 is 16.7 Å². The Labute approximate surface area is 107 Å². The second kappa shape index (κ2) is 4.45. The van der Waals surface area contributed by atoms with Crippen LogP contribution >= 0.6 is 0 Å². The number of nitro groups is 1. The fraction of sp³-hybridized carbons (Fsp3) is 0.250. The summed E-state index contributed by atoms with van der Waals surface area (Å²) in [6.45, 7) is -0.0974. The van der Waals surface area contributed by atoms with E-state index in [0.717, 1.165) is 0 Å². The van der Waals surface area contributed by atoms with Crippen molar-refractivity contribution in [3.8, 4) is 0 Å². The molecule has 2 aromatic heterocycles. The van der Waals surface area contributed by atoms with Gasteiger partial charge in [0.2, 0.25) is 0 Å². The van der Waals surface area contributed by atoms with Gasteiger partial charge in [0.05, 0.1) is 16.9 Å². The molecule has 7 heteroatoms. The van der Waals surface area contributed by atoms with Gasteiger partial charge in [-0.05, 0) is 12.1 Å². The zero-order valence-corrected chi connectivity index (χ0v) is 9.84. The van der Waals surface area contributed by atoms with Crippen molar-refractivity contribution in [2.45, 2.75) is 12.3 Å². The van der Waals surface area contributed by atoms with Crippen LogP contribution in [0.2, 0.25) is 0 Å². The van der Waals surface area contributed by atoms with Crippen molar-refractivity contribution in [3.05, 3.63) is 46.8 Å². The standard InChI is InChI=1S/C12H11N3O4/c16-7-8-1-2-11(19-8)14-6-4-9-10(15(17)18)3-5-13-12(9)14/h1-6,8,11,16H,7H2/t8-,11+/m1/s1. The van der Waals surface area contributed by atoms with E-state index in [2.05, 4.69) is 4.98 Å². The molecule has 0 radical (unpaired) electrons. The summed E-state index contributed by atoms with van der Waals surface area (Å²) < 4.78 is 7.26. The molecule has 1 aliphatic heterocycles. The third kappa shape index (κ3) is 1.88. The van der Waals surface area contributed by atoms with Gasteiger partial charge in [0.1, 0.15) is 11.8 Å². The van der Waals surface area contributed by atoms with Crippen LogP contribution in [0, 0.1) is 10.1 Å². The molecule has 0 unspecified atom stereocenters. The van der Waals surface area contributed by atoms with E-state index < -0.39 is 11.2 Å². The maximum atomic E-state index is 10.9. The Kier molecular flexibility index (Phi) is 2.77. The first kappa shape index (κ1) is 11.8. The molecule has 7 nitrogen and oxygen atoms in total. The minimum atomic E-state index is -0.434. The van der Waals surface area contributed by atoms with Gasteiger partial charge in [0, 0.05) is 18.5 Å². The summed E-state index contributed by atoms with van der Waals surface area (Å²) in [5.41, 5.74) is 0.506. The number of aromatic nitrogens is 2. The topological polar surface area (TPSA) is 90.4 Å². The van der Waals surface area contributed by atoms with Crippen LogP contribution in [0.1, 0.15) is 6.23 Å². The number of rotatable bonds is 3. The van der Waals surface area contributed by atoms with Crippen molar-refractivity contribution in [3.63, 3.8) is 0 Å². The van der Waals surface area contributed by atoms with Crippen LogP contribution in [0.5, 0.6) is 0 Å². The minimum Gasteiger partial charge on any atom is -0.393 e. The van der Waals surface area contributed by atoms with Crippen LogP contribution in [-0.2, 0) is 4.74 Å². The normalized spacial score (nSPS) is 22.2. The highest BCUT2D eigenvalue weighted by atomic mass is 16.6. The summed E-state index contributed by atoms with van der Waals surface area (Å²) in [5, 5.41) is 20.4. The molecule has 0 aliphatic carbocycles. The first-order valence-electron chi connectivity index (χ1n) is 5.75. The number of hydrogen-bond donors (Lipinski definition) is 1. The summed E-state index contributed by atoms with van der Waals surface area (Å²) in [4.78, 5) is 14.7. The minimum absolute atomic E-state index is 0.0180. The summed E-state index contributed by atoms with van der Waals surface area (Å²) >= 11 is 0. The first-order chi connectivity index (χ1) is 9.20. The molecule has 2 atom stereocenters. The zero-order chi connectivity index (χ0) is 13.4. The molecular formula is C12H11N3O4. The lowest BCUT2D eigenvalue weighted by molar-refractivity contribution is -0.383. The van der Waals surface area contributed by atoms with Crippen LogP contribution in [-0.4, -0.2) is 32.3 Å². The van der Waals surface area contributed by atoms with Crippen LogP contribution in [0.15, 0.2) is 36.7 Å². The van der Waals surface area contributed by atoms with E-state index in [9.17, 15) is 10.1 Å². The number of fused-ring (bicyclic) bond motifs is 1. The zero-order valence-electron chi connectivity index (χ0n) is 9.84. The third-order valence-electron chi connectivity index (χ3n) is 3.05. The molecule has 0 bridgehead atoms. The van der Waals surface area contributed by atoms with Gasteiger partial charge in [0.25, 0.3) is 5.69 Å². The molecule has 1 aliphatic rings. The van der Waals surface area contributed by atoms with Gasteiger partial charge in [-0.15, -0.1) is 0 Å². The van der Waals surface area contributed by atoms with Crippen LogP contribution in [0.25, 0.3) is 11.0 Å². The highest BCUT2D eigenvalue weighted by Gasteiger charge is 2.23. The summed E-state index contributed by atoms with van der Waals surface area (Å²) in [5.74, 6) is 0. The fourth-order valence-corrected chi connectivity index (χ4v) is 2.16. The van der Waals surface area contributed by atoms with Crippen molar-refractivity contribution in [1.82, 2.24) is 9.55 Å². The van der Waals surface area contributed by atoms with Crippen molar-refractivity contribution < 1.29 is 14.8 Å². The molecule has 0 spiro atoms. The van der Waals surface area contributed by atoms with Crippen LogP contribution in [0.3, 0.4) is 0 Å². The lowest BCUT2D eigenvalue weighted by Crippen LogP contribution is -2.15. The maximum absolute atomic E-state index is 10.9. The third-order valence-corrected chi connectivity index (χ3v) is 3.05. The molecule has 98 valence electrons. The van der Waals surface area contributed by atoms with E-state index >= 15 is 0 Å². The Morgan fingerprint density at radius 3 is 3.00 bits per heavy atom. The molecule has 0 fully saturated rings. The van der Waals surface area contributed by atoms with Gasteiger partial charge in [-0.3, -0.25) is 10.1 Å². The van der Waals surface area contributed by atoms with Crippen molar-refractivity contribution in [2.24, 2.45) is 0 Å².